The Morgan fingerprint density at radius 2 is 1.67 bits per heavy atom. The molecule has 1 aliphatic heterocycles. The molecule has 1 saturated heterocycles. The molecule has 1 heterocycles. The topological polar surface area (TPSA) is 38.7 Å². The largest absolute Gasteiger partial charge is 0.393 e. The van der Waals surface area contributed by atoms with Crippen LogP contribution in [0.5, 0.6) is 0 Å². The number of ether oxygens (including phenoxy) is 2. The second-order valence-corrected chi connectivity index (χ2v) is 11.1. The van der Waals surface area contributed by atoms with Crippen molar-refractivity contribution in [3.63, 3.8) is 0 Å². The Kier molecular flexibility index (Phi) is 4.89. The molecule has 4 saturated carbocycles. The van der Waals surface area contributed by atoms with Crippen LogP contribution in [0.25, 0.3) is 0 Å². The van der Waals surface area contributed by atoms with E-state index in [4.69, 9.17) is 9.47 Å². The fraction of sp³-hybridized carbons (Fsp3) is 1.00. The maximum atomic E-state index is 10.6. The molecule has 0 aromatic rings. The Balaban J connectivity index is 1.27. The van der Waals surface area contributed by atoms with Gasteiger partial charge in [-0.1, -0.05) is 13.8 Å². The van der Waals surface area contributed by atoms with E-state index in [0.29, 0.717) is 11.5 Å². The summed E-state index contributed by atoms with van der Waals surface area (Å²) < 4.78 is 12.3. The number of hydrogen-bond acceptors (Lipinski definition) is 3. The average molecular weight is 377 g/mol. The number of hydrogen-bond donors (Lipinski definition) is 1. The van der Waals surface area contributed by atoms with Gasteiger partial charge in [0, 0.05) is 6.61 Å². The summed E-state index contributed by atoms with van der Waals surface area (Å²) >= 11 is 0. The lowest BCUT2D eigenvalue weighted by Crippen LogP contribution is -2.54. The maximum Gasteiger partial charge on any atom is 0.157 e. The molecule has 0 aromatic carbocycles. The molecule has 0 amide bonds. The third kappa shape index (κ3) is 3.02. The Bertz CT molecular complexity index is 544. The molecule has 1 N–H and O–H groups in total. The van der Waals surface area contributed by atoms with Crippen molar-refractivity contribution in [3.8, 4) is 0 Å². The van der Waals surface area contributed by atoms with Crippen molar-refractivity contribution in [3.05, 3.63) is 0 Å². The van der Waals surface area contributed by atoms with Crippen molar-refractivity contribution < 1.29 is 14.6 Å². The van der Waals surface area contributed by atoms with E-state index in [0.717, 1.165) is 43.1 Å². The van der Waals surface area contributed by atoms with Crippen LogP contribution in [0.4, 0.5) is 0 Å². The lowest BCUT2D eigenvalue weighted by Gasteiger charge is -2.61. The summed E-state index contributed by atoms with van der Waals surface area (Å²) in [5.41, 5.74) is 0.716. The van der Waals surface area contributed by atoms with Gasteiger partial charge in [0.2, 0.25) is 0 Å². The highest BCUT2D eigenvalue weighted by Crippen LogP contribution is 2.66. The lowest BCUT2D eigenvalue weighted by molar-refractivity contribution is -0.212. The zero-order chi connectivity index (χ0) is 18.6. The summed E-state index contributed by atoms with van der Waals surface area (Å²) in [5.74, 6) is 3.35. The number of rotatable bonds is 2. The molecule has 3 heteroatoms. The maximum absolute atomic E-state index is 10.6. The highest BCUT2D eigenvalue weighted by molar-refractivity contribution is 5.09. The fourth-order valence-corrected chi connectivity index (χ4v) is 8.35. The molecular weight excluding hydrogens is 336 g/mol. The monoisotopic (exact) mass is 376 g/mol. The molecule has 4 aliphatic carbocycles. The van der Waals surface area contributed by atoms with Gasteiger partial charge in [-0.3, -0.25) is 0 Å². The Hall–Kier alpha value is -0.120. The Morgan fingerprint density at radius 3 is 2.48 bits per heavy atom. The van der Waals surface area contributed by atoms with Crippen LogP contribution in [0.15, 0.2) is 0 Å². The molecule has 5 aliphatic rings. The van der Waals surface area contributed by atoms with E-state index in [1.165, 1.54) is 64.2 Å². The SMILES string of the molecule is C[C@]12CC[C@@H](O[C@@H]3CCCCO3)C[C@@H]1CC[C@@H]1[C@@H]2CC[C@]2(C)[C@@H](O)CC[C@@H]12. The van der Waals surface area contributed by atoms with E-state index in [1.54, 1.807) is 0 Å². The van der Waals surface area contributed by atoms with Gasteiger partial charge in [-0.15, -0.1) is 0 Å². The molecule has 0 radical (unpaired) electrons. The molecule has 5 fully saturated rings. The number of fused-ring (bicyclic) bond motifs is 5. The normalized spacial score (nSPS) is 55.4. The highest BCUT2D eigenvalue weighted by atomic mass is 16.7. The fourth-order valence-electron chi connectivity index (χ4n) is 8.35. The Morgan fingerprint density at radius 1 is 0.852 bits per heavy atom. The van der Waals surface area contributed by atoms with Gasteiger partial charge in [0.25, 0.3) is 0 Å². The van der Waals surface area contributed by atoms with Crippen LogP contribution in [0.2, 0.25) is 0 Å². The van der Waals surface area contributed by atoms with E-state index in [2.05, 4.69) is 13.8 Å². The quantitative estimate of drug-likeness (QED) is 0.665. The van der Waals surface area contributed by atoms with Gasteiger partial charge < -0.3 is 14.6 Å². The third-order valence-electron chi connectivity index (χ3n) is 10.0. The first-order valence-electron chi connectivity index (χ1n) is 12.0. The summed E-state index contributed by atoms with van der Waals surface area (Å²) in [6.45, 7) is 5.90. The molecule has 0 spiro atoms. The molecular formula is C24H40O3. The zero-order valence-electron chi connectivity index (χ0n) is 17.5. The molecule has 0 aromatic heterocycles. The minimum Gasteiger partial charge on any atom is -0.393 e. The van der Waals surface area contributed by atoms with E-state index >= 15 is 0 Å². The smallest absolute Gasteiger partial charge is 0.157 e. The van der Waals surface area contributed by atoms with Gasteiger partial charge in [-0.25, -0.2) is 0 Å². The molecule has 3 nitrogen and oxygen atoms in total. The molecule has 0 bridgehead atoms. The van der Waals surface area contributed by atoms with Crippen LogP contribution in [0.3, 0.4) is 0 Å². The number of aliphatic hydroxyl groups excluding tert-OH is 1. The predicted molar refractivity (Wildman–Crippen MR) is 106 cm³/mol. The van der Waals surface area contributed by atoms with Crippen LogP contribution in [-0.4, -0.2) is 30.2 Å². The van der Waals surface area contributed by atoms with Gasteiger partial charge in [-0.05, 0) is 112 Å². The summed E-state index contributed by atoms with van der Waals surface area (Å²) in [4.78, 5) is 0. The van der Waals surface area contributed by atoms with Crippen molar-refractivity contribution in [1.82, 2.24) is 0 Å². The van der Waals surface area contributed by atoms with Gasteiger partial charge in [-0.2, -0.15) is 0 Å². The molecule has 27 heavy (non-hydrogen) atoms. The molecule has 5 rings (SSSR count). The molecule has 9 atom stereocenters. The lowest BCUT2D eigenvalue weighted by atomic mass is 9.45. The second kappa shape index (κ2) is 6.99. The van der Waals surface area contributed by atoms with Crippen LogP contribution in [0, 0.1) is 34.5 Å². The minimum absolute atomic E-state index is 0.0476. The van der Waals surface area contributed by atoms with Crippen LogP contribution >= 0.6 is 0 Å². The average Bonchev–Trinajstić information content (AvgIpc) is 2.98. The molecule has 0 unspecified atom stereocenters. The van der Waals surface area contributed by atoms with E-state index < -0.39 is 0 Å². The van der Waals surface area contributed by atoms with Crippen molar-refractivity contribution in [2.75, 3.05) is 6.61 Å². The van der Waals surface area contributed by atoms with Crippen molar-refractivity contribution >= 4 is 0 Å². The van der Waals surface area contributed by atoms with Crippen molar-refractivity contribution in [2.45, 2.75) is 109 Å². The van der Waals surface area contributed by atoms with Gasteiger partial charge in [0.15, 0.2) is 6.29 Å². The predicted octanol–water partition coefficient (Wildman–Crippen LogP) is 5.30. The van der Waals surface area contributed by atoms with E-state index in [1.807, 2.05) is 0 Å². The van der Waals surface area contributed by atoms with Crippen LogP contribution in [-0.2, 0) is 9.47 Å². The van der Waals surface area contributed by atoms with E-state index in [-0.39, 0.29) is 17.8 Å². The van der Waals surface area contributed by atoms with Crippen molar-refractivity contribution in [2.24, 2.45) is 34.5 Å². The van der Waals surface area contributed by atoms with Gasteiger partial charge in [0.1, 0.15) is 0 Å². The summed E-state index contributed by atoms with van der Waals surface area (Å²) in [7, 11) is 0. The van der Waals surface area contributed by atoms with Crippen LogP contribution < -0.4 is 0 Å². The first kappa shape index (κ1) is 18.9. The summed E-state index contributed by atoms with van der Waals surface area (Å²) in [5, 5.41) is 10.6. The summed E-state index contributed by atoms with van der Waals surface area (Å²) in [6.07, 6.45) is 15.5. The minimum atomic E-state index is -0.0476. The second-order valence-electron chi connectivity index (χ2n) is 11.1. The van der Waals surface area contributed by atoms with Gasteiger partial charge in [0.05, 0.1) is 12.2 Å². The zero-order valence-corrected chi connectivity index (χ0v) is 17.5. The molecule has 154 valence electrons. The third-order valence-corrected chi connectivity index (χ3v) is 10.0. The van der Waals surface area contributed by atoms with Crippen LogP contribution in [0.1, 0.15) is 90.9 Å². The first-order chi connectivity index (χ1) is 13.0. The summed E-state index contributed by atoms with van der Waals surface area (Å²) in [6, 6.07) is 0. The Labute approximate surface area is 165 Å². The standard InChI is InChI=1S/C24H40O3/c1-23-12-10-17(27-22-5-3-4-14-26-22)15-16(23)6-7-18-19-8-9-21(25)24(19,2)13-11-20(18)23/h16-22,25H,3-15H2,1-2H3/t16-,17+,18-,19-,20-,21-,22+,23-,24-/m0/s1. The first-order valence-corrected chi connectivity index (χ1v) is 12.0. The number of aliphatic hydroxyl groups is 1. The highest BCUT2D eigenvalue weighted by Gasteiger charge is 2.60. The van der Waals surface area contributed by atoms with Gasteiger partial charge >= 0.3 is 0 Å². The van der Waals surface area contributed by atoms with Crippen molar-refractivity contribution in [1.29, 1.82) is 0 Å². The van der Waals surface area contributed by atoms with E-state index in [9.17, 15) is 5.11 Å².